The van der Waals surface area contributed by atoms with Crippen LogP contribution in [0.1, 0.15) is 37.0 Å². The molecule has 1 aromatic rings. The highest BCUT2D eigenvalue weighted by molar-refractivity contribution is 5.98. The molecular formula is C14H18N2O4. The van der Waals surface area contributed by atoms with Crippen molar-refractivity contribution in [3.05, 3.63) is 23.8 Å². The third kappa shape index (κ3) is 4.38. The standard InChI is InChI=1S/C14H18N2O4/c1-4-12(17)15-10-6-9(14(19)20-3)7-11(8-10)16-13(18)5-2/h6-8H,4-5H2,1-3H3,(H,15,17)(H,16,18). The number of carbonyl (C=O) groups is 3. The highest BCUT2D eigenvalue weighted by atomic mass is 16.5. The molecular weight excluding hydrogens is 260 g/mol. The average molecular weight is 278 g/mol. The van der Waals surface area contributed by atoms with Crippen LogP contribution < -0.4 is 10.6 Å². The normalized spacial score (nSPS) is 9.75. The monoisotopic (exact) mass is 278 g/mol. The number of amides is 2. The summed E-state index contributed by atoms with van der Waals surface area (Å²) in [5, 5.41) is 5.29. The van der Waals surface area contributed by atoms with Gasteiger partial charge >= 0.3 is 5.97 Å². The molecule has 6 nitrogen and oxygen atoms in total. The predicted molar refractivity (Wildman–Crippen MR) is 75.6 cm³/mol. The molecule has 0 saturated heterocycles. The van der Waals surface area contributed by atoms with Crippen LogP contribution in [0.4, 0.5) is 11.4 Å². The largest absolute Gasteiger partial charge is 0.465 e. The number of methoxy groups -OCH3 is 1. The Hall–Kier alpha value is -2.37. The maximum Gasteiger partial charge on any atom is 0.337 e. The molecule has 20 heavy (non-hydrogen) atoms. The second-order valence-corrected chi connectivity index (χ2v) is 4.09. The van der Waals surface area contributed by atoms with Gasteiger partial charge in [-0.2, -0.15) is 0 Å². The first kappa shape index (κ1) is 15.7. The van der Waals surface area contributed by atoms with Gasteiger partial charge in [0.05, 0.1) is 12.7 Å². The fraction of sp³-hybridized carbons (Fsp3) is 0.357. The van der Waals surface area contributed by atoms with Gasteiger partial charge in [-0.05, 0) is 18.2 Å². The summed E-state index contributed by atoms with van der Waals surface area (Å²) in [6.45, 7) is 3.44. The van der Waals surface area contributed by atoms with Gasteiger partial charge in [0.1, 0.15) is 0 Å². The minimum atomic E-state index is -0.537. The molecule has 108 valence electrons. The molecule has 0 unspecified atom stereocenters. The van der Waals surface area contributed by atoms with Crippen LogP contribution in [-0.2, 0) is 14.3 Å². The molecule has 1 rings (SSSR count). The fourth-order valence-corrected chi connectivity index (χ4v) is 1.51. The smallest absolute Gasteiger partial charge is 0.337 e. The Morgan fingerprint density at radius 3 is 1.75 bits per heavy atom. The maximum absolute atomic E-state index is 11.6. The average Bonchev–Trinajstić information content (AvgIpc) is 2.45. The van der Waals surface area contributed by atoms with Crippen molar-refractivity contribution in [1.82, 2.24) is 0 Å². The molecule has 0 spiro atoms. The highest BCUT2D eigenvalue weighted by Crippen LogP contribution is 2.20. The van der Waals surface area contributed by atoms with Crippen molar-refractivity contribution in [3.63, 3.8) is 0 Å². The third-order valence-corrected chi connectivity index (χ3v) is 2.56. The van der Waals surface area contributed by atoms with Crippen LogP contribution >= 0.6 is 0 Å². The van der Waals surface area contributed by atoms with E-state index in [4.69, 9.17) is 0 Å². The lowest BCUT2D eigenvalue weighted by Gasteiger charge is -2.10. The van der Waals surface area contributed by atoms with E-state index >= 15 is 0 Å². The Morgan fingerprint density at radius 1 is 0.950 bits per heavy atom. The first-order chi connectivity index (χ1) is 9.49. The number of hydrogen-bond acceptors (Lipinski definition) is 4. The van der Waals surface area contributed by atoms with E-state index in [1.165, 1.54) is 19.2 Å². The molecule has 0 atom stereocenters. The van der Waals surface area contributed by atoms with Crippen LogP contribution in [-0.4, -0.2) is 24.9 Å². The number of nitrogens with one attached hydrogen (secondary N) is 2. The zero-order valence-corrected chi connectivity index (χ0v) is 11.8. The molecule has 0 aromatic heterocycles. The van der Waals surface area contributed by atoms with Crippen LogP contribution in [0.3, 0.4) is 0 Å². The van der Waals surface area contributed by atoms with Crippen molar-refractivity contribution in [2.45, 2.75) is 26.7 Å². The number of esters is 1. The summed E-state index contributed by atoms with van der Waals surface area (Å²) in [6.07, 6.45) is 0.637. The summed E-state index contributed by atoms with van der Waals surface area (Å²) in [7, 11) is 1.27. The molecule has 0 aliphatic heterocycles. The van der Waals surface area contributed by atoms with E-state index in [0.717, 1.165) is 0 Å². The number of rotatable bonds is 5. The zero-order valence-electron chi connectivity index (χ0n) is 11.8. The topological polar surface area (TPSA) is 84.5 Å². The number of anilines is 2. The summed E-state index contributed by atoms with van der Waals surface area (Å²) in [5.41, 5.74) is 1.13. The Balaban J connectivity index is 3.10. The van der Waals surface area contributed by atoms with Crippen molar-refractivity contribution in [2.24, 2.45) is 0 Å². The van der Waals surface area contributed by atoms with Gasteiger partial charge in [0.15, 0.2) is 0 Å². The van der Waals surface area contributed by atoms with Crippen LogP contribution in [0.25, 0.3) is 0 Å². The number of carbonyl (C=O) groups excluding carboxylic acids is 3. The van der Waals surface area contributed by atoms with E-state index in [9.17, 15) is 14.4 Å². The molecule has 1 aromatic carbocycles. The third-order valence-electron chi connectivity index (χ3n) is 2.56. The Labute approximate surface area is 117 Å². The van der Waals surface area contributed by atoms with Crippen molar-refractivity contribution in [2.75, 3.05) is 17.7 Å². The number of hydrogen-bond donors (Lipinski definition) is 2. The predicted octanol–water partition coefficient (Wildman–Crippen LogP) is 2.17. The van der Waals surface area contributed by atoms with E-state index in [1.54, 1.807) is 19.9 Å². The minimum absolute atomic E-state index is 0.181. The van der Waals surface area contributed by atoms with Gasteiger partial charge < -0.3 is 15.4 Å². The molecule has 0 bridgehead atoms. The van der Waals surface area contributed by atoms with E-state index in [1.807, 2.05) is 0 Å². The van der Waals surface area contributed by atoms with Crippen molar-refractivity contribution >= 4 is 29.2 Å². The molecule has 0 saturated carbocycles. The molecule has 0 heterocycles. The molecule has 6 heteroatoms. The lowest BCUT2D eigenvalue weighted by Crippen LogP contribution is -2.13. The Bertz CT molecular complexity index is 490. The first-order valence-corrected chi connectivity index (χ1v) is 6.33. The highest BCUT2D eigenvalue weighted by Gasteiger charge is 2.11. The first-order valence-electron chi connectivity index (χ1n) is 6.33. The van der Waals surface area contributed by atoms with Gasteiger partial charge in [-0.25, -0.2) is 4.79 Å². The summed E-state index contributed by atoms with van der Waals surface area (Å²) >= 11 is 0. The number of ether oxygens (including phenoxy) is 1. The van der Waals surface area contributed by atoms with Crippen molar-refractivity contribution in [3.8, 4) is 0 Å². The molecule has 0 radical (unpaired) electrons. The zero-order chi connectivity index (χ0) is 15.1. The molecule has 2 amide bonds. The fourth-order valence-electron chi connectivity index (χ4n) is 1.51. The number of benzene rings is 1. The summed E-state index contributed by atoms with van der Waals surface area (Å²) in [4.78, 5) is 34.4. The van der Waals surface area contributed by atoms with Crippen LogP contribution in [0.5, 0.6) is 0 Å². The second-order valence-electron chi connectivity index (χ2n) is 4.09. The summed E-state index contributed by atoms with van der Waals surface area (Å²) < 4.78 is 4.64. The Morgan fingerprint density at radius 2 is 1.40 bits per heavy atom. The lowest BCUT2D eigenvalue weighted by molar-refractivity contribution is -0.116. The molecule has 0 fully saturated rings. The molecule has 0 aliphatic rings. The van der Waals surface area contributed by atoms with Gasteiger partial charge in [-0.1, -0.05) is 13.8 Å². The van der Waals surface area contributed by atoms with Gasteiger partial charge in [0.25, 0.3) is 0 Å². The second kappa shape index (κ2) is 7.28. The minimum Gasteiger partial charge on any atom is -0.465 e. The molecule has 0 aliphatic carbocycles. The van der Waals surface area contributed by atoms with E-state index in [0.29, 0.717) is 24.2 Å². The van der Waals surface area contributed by atoms with Crippen molar-refractivity contribution < 1.29 is 19.1 Å². The lowest BCUT2D eigenvalue weighted by atomic mass is 10.1. The summed E-state index contributed by atoms with van der Waals surface area (Å²) in [6, 6.07) is 4.59. The van der Waals surface area contributed by atoms with Gasteiger partial charge in [0, 0.05) is 24.2 Å². The van der Waals surface area contributed by atoms with E-state index in [2.05, 4.69) is 15.4 Å². The molecule has 2 N–H and O–H groups in total. The summed E-state index contributed by atoms with van der Waals surface area (Å²) in [5.74, 6) is -0.899. The van der Waals surface area contributed by atoms with Gasteiger partial charge in [-0.15, -0.1) is 0 Å². The van der Waals surface area contributed by atoms with Gasteiger partial charge in [0.2, 0.25) is 11.8 Å². The quantitative estimate of drug-likeness (QED) is 0.808. The van der Waals surface area contributed by atoms with Crippen LogP contribution in [0, 0.1) is 0 Å². The van der Waals surface area contributed by atoms with E-state index < -0.39 is 5.97 Å². The SMILES string of the molecule is CCC(=O)Nc1cc(NC(=O)CC)cc(C(=O)OC)c1. The van der Waals surface area contributed by atoms with Crippen LogP contribution in [0.2, 0.25) is 0 Å². The Kier molecular flexibility index (Phi) is 5.71. The van der Waals surface area contributed by atoms with Crippen molar-refractivity contribution in [1.29, 1.82) is 0 Å². The van der Waals surface area contributed by atoms with E-state index in [-0.39, 0.29) is 17.4 Å². The van der Waals surface area contributed by atoms with Crippen LogP contribution in [0.15, 0.2) is 18.2 Å². The maximum atomic E-state index is 11.6. The van der Waals surface area contributed by atoms with Gasteiger partial charge in [-0.3, -0.25) is 9.59 Å².